The van der Waals surface area contributed by atoms with Crippen molar-refractivity contribution in [2.24, 2.45) is 0 Å². The van der Waals surface area contributed by atoms with Crippen molar-refractivity contribution in [2.45, 2.75) is 0 Å². The Bertz CT molecular complexity index is 755. The van der Waals surface area contributed by atoms with E-state index in [4.69, 9.17) is 14.7 Å². The van der Waals surface area contributed by atoms with E-state index in [0.717, 1.165) is 11.3 Å². The molecule has 2 heterocycles. The zero-order chi connectivity index (χ0) is 12.0. The van der Waals surface area contributed by atoms with Gasteiger partial charge >= 0.3 is 4.94 Å². The first-order valence-corrected chi connectivity index (χ1v) is 5.44. The molecule has 17 heavy (non-hydrogen) atoms. The van der Waals surface area contributed by atoms with Crippen molar-refractivity contribution in [3.05, 3.63) is 27.9 Å². The van der Waals surface area contributed by atoms with E-state index >= 15 is 0 Å². The quantitative estimate of drug-likeness (QED) is 0.682. The third kappa shape index (κ3) is 1.56. The first kappa shape index (κ1) is 9.91. The topological polar surface area (TPSA) is 102 Å². The average molecular weight is 250 g/mol. The largest absolute Gasteiger partial charge is 0.507 e. The molecule has 2 aromatic heterocycles. The maximum Gasteiger partial charge on any atom is 0.396 e. The lowest BCUT2D eigenvalue weighted by Gasteiger charge is -1.98. The van der Waals surface area contributed by atoms with E-state index in [0.29, 0.717) is 21.6 Å². The number of fused-ring (bicyclic) bond motifs is 1. The predicted octanol–water partition coefficient (Wildman–Crippen LogP) is 1.80. The molecule has 0 fully saturated rings. The number of nitrogen functional groups attached to an aromatic ring is 1. The highest BCUT2D eigenvalue weighted by Gasteiger charge is 2.14. The molecule has 86 valence electrons. The number of phenols is 1. The van der Waals surface area contributed by atoms with Gasteiger partial charge in [-0.25, -0.2) is 4.79 Å². The Morgan fingerprint density at radius 3 is 2.88 bits per heavy atom. The second-order valence-corrected chi connectivity index (χ2v) is 4.36. The summed E-state index contributed by atoms with van der Waals surface area (Å²) in [6.07, 6.45) is 0. The van der Waals surface area contributed by atoms with Crippen LogP contribution in [0.5, 0.6) is 5.75 Å². The molecule has 6 nitrogen and oxygen atoms in total. The van der Waals surface area contributed by atoms with Crippen molar-refractivity contribution in [1.82, 2.24) is 5.16 Å². The lowest BCUT2D eigenvalue weighted by Crippen LogP contribution is -1.80. The van der Waals surface area contributed by atoms with Crippen molar-refractivity contribution in [2.75, 3.05) is 5.73 Å². The predicted molar refractivity (Wildman–Crippen MR) is 61.9 cm³/mol. The maximum absolute atomic E-state index is 11.1. The van der Waals surface area contributed by atoms with Gasteiger partial charge in [0.05, 0.1) is 10.3 Å². The lowest BCUT2D eigenvalue weighted by atomic mass is 10.1. The summed E-state index contributed by atoms with van der Waals surface area (Å²) < 4.78 is 10.5. The fourth-order valence-electron chi connectivity index (χ4n) is 1.52. The lowest BCUT2D eigenvalue weighted by molar-refractivity contribution is 0.429. The van der Waals surface area contributed by atoms with Crippen LogP contribution < -0.4 is 10.7 Å². The molecule has 0 unspecified atom stereocenters. The molecule has 3 rings (SSSR count). The Morgan fingerprint density at radius 1 is 1.35 bits per heavy atom. The maximum atomic E-state index is 11.1. The molecule has 0 aliphatic rings. The number of hydrogen-bond donors (Lipinski definition) is 2. The molecular formula is C10H6N2O4S. The zero-order valence-electron chi connectivity index (χ0n) is 8.34. The molecule has 3 N–H and O–H groups in total. The number of aromatic nitrogens is 1. The van der Waals surface area contributed by atoms with Gasteiger partial charge in [-0.3, -0.25) is 0 Å². The number of nitrogens with two attached hydrogens (primary N) is 1. The summed E-state index contributed by atoms with van der Waals surface area (Å²) in [5, 5.41) is 13.3. The molecule has 7 heteroatoms. The van der Waals surface area contributed by atoms with E-state index in [-0.39, 0.29) is 11.6 Å². The molecule has 0 saturated heterocycles. The molecule has 0 spiro atoms. The second kappa shape index (κ2) is 3.36. The number of anilines is 1. The van der Waals surface area contributed by atoms with Gasteiger partial charge in [0.2, 0.25) is 0 Å². The minimum absolute atomic E-state index is 0.0225. The highest BCUT2D eigenvalue weighted by Crippen LogP contribution is 2.34. The van der Waals surface area contributed by atoms with Crippen molar-refractivity contribution in [3.8, 4) is 17.1 Å². The smallest absolute Gasteiger partial charge is 0.396 e. The Hall–Kier alpha value is -2.28. The van der Waals surface area contributed by atoms with E-state index in [1.165, 1.54) is 18.2 Å². The third-order valence-corrected chi connectivity index (χ3v) is 3.03. The van der Waals surface area contributed by atoms with E-state index in [2.05, 4.69) is 5.16 Å². The van der Waals surface area contributed by atoms with Gasteiger partial charge in [-0.2, -0.15) is 0 Å². The Morgan fingerprint density at radius 2 is 2.18 bits per heavy atom. The van der Waals surface area contributed by atoms with Gasteiger partial charge in [0.25, 0.3) is 0 Å². The van der Waals surface area contributed by atoms with Gasteiger partial charge in [-0.1, -0.05) is 16.5 Å². The molecule has 1 aromatic carbocycles. The van der Waals surface area contributed by atoms with Crippen LogP contribution in [-0.4, -0.2) is 10.3 Å². The Kier molecular flexibility index (Phi) is 1.96. The van der Waals surface area contributed by atoms with Crippen LogP contribution >= 0.6 is 11.3 Å². The summed E-state index contributed by atoms with van der Waals surface area (Å²) in [5.74, 6) is 0.507. The summed E-state index contributed by atoms with van der Waals surface area (Å²) in [4.78, 5) is 10.6. The first-order valence-electron chi connectivity index (χ1n) is 4.63. The van der Waals surface area contributed by atoms with Crippen LogP contribution in [0.2, 0.25) is 0 Å². The van der Waals surface area contributed by atoms with Gasteiger partial charge in [0.15, 0.2) is 17.2 Å². The van der Waals surface area contributed by atoms with Crippen LogP contribution in [0, 0.1) is 0 Å². The van der Waals surface area contributed by atoms with Crippen LogP contribution in [0.1, 0.15) is 0 Å². The van der Waals surface area contributed by atoms with Gasteiger partial charge in [-0.05, 0) is 6.07 Å². The number of aromatic hydroxyl groups is 1. The summed E-state index contributed by atoms with van der Waals surface area (Å²) in [5.41, 5.74) is 6.19. The van der Waals surface area contributed by atoms with Gasteiger partial charge < -0.3 is 19.8 Å². The van der Waals surface area contributed by atoms with Crippen LogP contribution in [0.25, 0.3) is 21.6 Å². The summed E-state index contributed by atoms with van der Waals surface area (Å²) in [6, 6.07) is 4.44. The van der Waals surface area contributed by atoms with Gasteiger partial charge in [0.1, 0.15) is 5.75 Å². The summed E-state index contributed by atoms with van der Waals surface area (Å²) >= 11 is 0.922. The highest BCUT2D eigenvalue weighted by atomic mass is 32.1. The molecule has 0 aliphatic heterocycles. The SMILES string of the molecule is Nc1cc(-c2cc3oc(=O)sc3cc2O)on1. The molecule has 0 atom stereocenters. The van der Waals surface area contributed by atoms with Crippen molar-refractivity contribution < 1.29 is 14.0 Å². The molecule has 0 radical (unpaired) electrons. The van der Waals surface area contributed by atoms with Crippen LogP contribution in [-0.2, 0) is 0 Å². The summed E-state index contributed by atoms with van der Waals surface area (Å²) in [7, 11) is 0. The van der Waals surface area contributed by atoms with E-state index < -0.39 is 4.94 Å². The standard InChI is InChI=1S/C10H6N2O4S/c11-9-3-6(16-12-9)4-1-7-8(2-5(4)13)17-10(14)15-7/h1-3,13H,(H2,11,12). The van der Waals surface area contributed by atoms with Crippen molar-refractivity contribution in [1.29, 1.82) is 0 Å². The van der Waals surface area contributed by atoms with Crippen molar-refractivity contribution >= 4 is 27.4 Å². The van der Waals surface area contributed by atoms with Crippen LogP contribution in [0.15, 0.2) is 31.9 Å². The number of hydrogen-bond acceptors (Lipinski definition) is 7. The summed E-state index contributed by atoms with van der Waals surface area (Å²) in [6.45, 7) is 0. The van der Waals surface area contributed by atoms with Gasteiger partial charge in [0, 0.05) is 12.1 Å². The molecule has 0 saturated carbocycles. The third-order valence-electron chi connectivity index (χ3n) is 2.24. The Labute approximate surface area is 97.9 Å². The van der Waals surface area contributed by atoms with Crippen molar-refractivity contribution in [3.63, 3.8) is 0 Å². The molecule has 0 bridgehead atoms. The van der Waals surface area contributed by atoms with E-state index in [1.807, 2.05) is 0 Å². The monoisotopic (exact) mass is 250 g/mol. The fourth-order valence-corrected chi connectivity index (χ4v) is 2.21. The fraction of sp³-hybridized carbons (Fsp3) is 0. The normalized spacial score (nSPS) is 11.1. The minimum Gasteiger partial charge on any atom is -0.507 e. The van der Waals surface area contributed by atoms with E-state index in [9.17, 15) is 9.90 Å². The van der Waals surface area contributed by atoms with E-state index in [1.54, 1.807) is 0 Å². The van der Waals surface area contributed by atoms with Crippen LogP contribution in [0.3, 0.4) is 0 Å². The molecule has 3 aromatic rings. The molecular weight excluding hydrogens is 244 g/mol. The average Bonchev–Trinajstić information content (AvgIpc) is 2.82. The number of nitrogens with zero attached hydrogens (tertiary/aromatic N) is 1. The number of rotatable bonds is 1. The second-order valence-electron chi connectivity index (χ2n) is 3.39. The first-order chi connectivity index (χ1) is 8.13. The molecule has 0 aliphatic carbocycles. The molecule has 0 amide bonds. The van der Waals surface area contributed by atoms with Gasteiger partial charge in [-0.15, -0.1) is 0 Å². The van der Waals surface area contributed by atoms with Crippen LogP contribution in [0.4, 0.5) is 5.82 Å². The zero-order valence-corrected chi connectivity index (χ0v) is 9.15. The highest BCUT2D eigenvalue weighted by molar-refractivity contribution is 7.16. The minimum atomic E-state index is -0.423. The number of phenolic OH excluding ortho intramolecular Hbond substituents is 1. The Balaban J connectivity index is 2.29. The number of benzene rings is 1.